The number of primary amides is 1. The summed E-state index contributed by atoms with van der Waals surface area (Å²) >= 11 is 1.31. The fourth-order valence-electron chi connectivity index (χ4n) is 1.96. The summed E-state index contributed by atoms with van der Waals surface area (Å²) in [5.74, 6) is -0.739. The Hall–Kier alpha value is -2.22. The fourth-order valence-corrected chi connectivity index (χ4v) is 2.58. The third kappa shape index (κ3) is 2.94. The minimum atomic E-state index is -0.695. The molecule has 2 aromatic rings. The molecule has 7 nitrogen and oxygen atoms in total. The summed E-state index contributed by atoms with van der Waals surface area (Å²) in [5.41, 5.74) is 5.80. The lowest BCUT2D eigenvalue weighted by Crippen LogP contribution is -2.31. The number of nitrogens with zero attached hydrogens (tertiary/aromatic N) is 3. The van der Waals surface area contributed by atoms with Crippen molar-refractivity contribution in [3.63, 3.8) is 0 Å². The molecule has 0 saturated carbocycles. The predicted molar refractivity (Wildman–Crippen MR) is 79.1 cm³/mol. The molecule has 2 amide bonds. The monoisotopic (exact) mass is 308 g/mol. The van der Waals surface area contributed by atoms with E-state index >= 15 is 0 Å². The molecular formula is C13H16N4O3S. The Kier molecular flexibility index (Phi) is 4.69. The third-order valence-corrected chi connectivity index (χ3v) is 3.66. The molecule has 0 aliphatic rings. The molecule has 2 N–H and O–H groups in total. The van der Waals surface area contributed by atoms with Gasteiger partial charge in [-0.1, -0.05) is 12.1 Å². The minimum absolute atomic E-state index is 0.0913. The first kappa shape index (κ1) is 15.2. The van der Waals surface area contributed by atoms with Gasteiger partial charge in [0, 0.05) is 24.5 Å². The van der Waals surface area contributed by atoms with Gasteiger partial charge in [-0.05, 0) is 13.3 Å². The summed E-state index contributed by atoms with van der Waals surface area (Å²) < 4.78 is 5.22. The van der Waals surface area contributed by atoms with Gasteiger partial charge < -0.3 is 10.3 Å². The van der Waals surface area contributed by atoms with Crippen molar-refractivity contribution in [1.82, 2.24) is 10.1 Å². The van der Waals surface area contributed by atoms with Gasteiger partial charge in [0.1, 0.15) is 10.6 Å². The largest absolute Gasteiger partial charge is 0.365 e. The molecule has 8 heteroatoms. The number of thiazole rings is 1. The highest BCUT2D eigenvalue weighted by Crippen LogP contribution is 2.32. The lowest BCUT2D eigenvalue weighted by molar-refractivity contribution is -0.118. The van der Waals surface area contributed by atoms with Crippen LogP contribution in [-0.2, 0) is 4.79 Å². The van der Waals surface area contributed by atoms with Crippen molar-refractivity contribution >= 4 is 29.0 Å². The Balaban J connectivity index is 2.49. The molecule has 0 fully saturated rings. The van der Waals surface area contributed by atoms with Crippen LogP contribution in [0.3, 0.4) is 0 Å². The van der Waals surface area contributed by atoms with Gasteiger partial charge in [-0.15, -0.1) is 11.3 Å². The average Bonchev–Trinajstić information content (AvgIpc) is 3.08. The van der Waals surface area contributed by atoms with Crippen LogP contribution in [0.1, 0.15) is 37.0 Å². The number of carbonyl (C=O) groups is 2. The Labute approximate surface area is 125 Å². The zero-order valence-corrected chi connectivity index (χ0v) is 12.6. The molecule has 0 atom stereocenters. The highest BCUT2D eigenvalue weighted by Gasteiger charge is 2.29. The van der Waals surface area contributed by atoms with Crippen LogP contribution in [0.5, 0.6) is 0 Å². The number of aromatic nitrogens is 2. The Morgan fingerprint density at radius 2 is 2.19 bits per heavy atom. The van der Waals surface area contributed by atoms with Gasteiger partial charge in [-0.3, -0.25) is 14.5 Å². The van der Waals surface area contributed by atoms with Crippen LogP contribution in [-0.4, -0.2) is 28.5 Å². The van der Waals surface area contributed by atoms with Crippen molar-refractivity contribution in [2.45, 2.75) is 26.7 Å². The van der Waals surface area contributed by atoms with E-state index in [1.165, 1.54) is 16.2 Å². The number of amides is 2. The Morgan fingerprint density at radius 1 is 1.43 bits per heavy atom. The van der Waals surface area contributed by atoms with E-state index < -0.39 is 5.91 Å². The average molecular weight is 308 g/mol. The molecule has 0 aliphatic heterocycles. The van der Waals surface area contributed by atoms with Crippen LogP contribution in [0.25, 0.3) is 10.7 Å². The van der Waals surface area contributed by atoms with Crippen LogP contribution in [0.2, 0.25) is 0 Å². The highest BCUT2D eigenvalue weighted by molar-refractivity contribution is 7.13. The van der Waals surface area contributed by atoms with E-state index in [0.29, 0.717) is 24.4 Å². The van der Waals surface area contributed by atoms with Gasteiger partial charge in [0.25, 0.3) is 5.91 Å². The number of hydrogen-bond donors (Lipinski definition) is 1. The zero-order valence-electron chi connectivity index (χ0n) is 11.8. The van der Waals surface area contributed by atoms with Crippen LogP contribution >= 0.6 is 11.3 Å². The number of rotatable bonds is 6. The van der Waals surface area contributed by atoms with Crippen LogP contribution < -0.4 is 10.6 Å². The van der Waals surface area contributed by atoms with Gasteiger partial charge in [-0.25, -0.2) is 4.98 Å². The normalized spacial score (nSPS) is 10.6. The van der Waals surface area contributed by atoms with E-state index in [-0.39, 0.29) is 23.0 Å². The van der Waals surface area contributed by atoms with Crippen molar-refractivity contribution < 1.29 is 14.1 Å². The van der Waals surface area contributed by atoms with E-state index in [4.69, 9.17) is 10.3 Å². The Bertz CT molecular complexity index is 636. The summed E-state index contributed by atoms with van der Waals surface area (Å²) in [6.45, 7) is 4.07. The van der Waals surface area contributed by atoms with E-state index in [1.807, 2.05) is 6.92 Å². The van der Waals surface area contributed by atoms with E-state index in [0.717, 1.165) is 0 Å². The van der Waals surface area contributed by atoms with E-state index in [9.17, 15) is 9.59 Å². The lowest BCUT2D eigenvalue weighted by Gasteiger charge is -2.17. The van der Waals surface area contributed by atoms with Crippen LogP contribution in [0.4, 0.5) is 5.88 Å². The maximum atomic E-state index is 12.1. The molecular weight excluding hydrogens is 292 g/mol. The van der Waals surface area contributed by atoms with Crippen molar-refractivity contribution in [2.24, 2.45) is 5.73 Å². The van der Waals surface area contributed by atoms with Crippen LogP contribution in [0.15, 0.2) is 16.1 Å². The number of hydrogen-bond acceptors (Lipinski definition) is 6. The quantitative estimate of drug-likeness (QED) is 0.879. The maximum Gasteiger partial charge on any atom is 0.256 e. The van der Waals surface area contributed by atoms with Crippen LogP contribution in [0, 0.1) is 0 Å². The van der Waals surface area contributed by atoms with Crippen molar-refractivity contribution in [3.05, 3.63) is 17.1 Å². The molecule has 21 heavy (non-hydrogen) atoms. The lowest BCUT2D eigenvalue weighted by atomic mass is 10.2. The minimum Gasteiger partial charge on any atom is -0.365 e. The van der Waals surface area contributed by atoms with Crippen molar-refractivity contribution in [3.8, 4) is 10.7 Å². The molecule has 0 radical (unpaired) electrons. The summed E-state index contributed by atoms with van der Waals surface area (Å²) in [7, 11) is 0. The van der Waals surface area contributed by atoms with E-state index in [2.05, 4.69) is 10.1 Å². The molecule has 0 bridgehead atoms. The third-order valence-electron chi connectivity index (χ3n) is 2.88. The first-order valence-corrected chi connectivity index (χ1v) is 7.47. The molecule has 2 aromatic heterocycles. The second-order valence-electron chi connectivity index (χ2n) is 4.30. The zero-order chi connectivity index (χ0) is 15.4. The number of anilines is 1. The number of carbonyl (C=O) groups excluding carboxylic acids is 2. The number of nitrogens with two attached hydrogens (primary N) is 1. The Morgan fingerprint density at radius 3 is 2.71 bits per heavy atom. The molecule has 0 aliphatic carbocycles. The second-order valence-corrected chi connectivity index (χ2v) is 5.20. The molecule has 0 saturated heterocycles. The summed E-state index contributed by atoms with van der Waals surface area (Å²) in [4.78, 5) is 29.4. The molecule has 0 aromatic carbocycles. The molecule has 112 valence electrons. The smallest absolute Gasteiger partial charge is 0.256 e. The fraction of sp³-hybridized carbons (Fsp3) is 0.385. The SMILES string of the molecule is CCCC(=O)N(CC)c1onc(-c2nccs2)c1C(N)=O. The van der Waals surface area contributed by atoms with Crippen molar-refractivity contribution in [1.29, 1.82) is 0 Å². The standard InChI is InChI=1S/C13H16N4O3S/c1-3-5-8(18)17(4-2)13-9(11(14)19)10(16-20-13)12-15-6-7-21-12/h6-7H,3-5H2,1-2H3,(H2,14,19). The predicted octanol–water partition coefficient (Wildman–Crippen LogP) is 2.05. The molecule has 2 heterocycles. The maximum absolute atomic E-state index is 12.1. The first-order chi connectivity index (χ1) is 10.1. The summed E-state index contributed by atoms with van der Waals surface area (Å²) in [5, 5.41) is 6.15. The topological polar surface area (TPSA) is 102 Å². The second kappa shape index (κ2) is 6.49. The summed E-state index contributed by atoms with van der Waals surface area (Å²) in [6, 6.07) is 0. The van der Waals surface area contributed by atoms with Gasteiger partial charge in [-0.2, -0.15) is 0 Å². The van der Waals surface area contributed by atoms with Gasteiger partial charge >= 0.3 is 0 Å². The highest BCUT2D eigenvalue weighted by atomic mass is 32.1. The van der Waals surface area contributed by atoms with Gasteiger partial charge in [0.05, 0.1) is 0 Å². The molecule has 0 unspecified atom stereocenters. The van der Waals surface area contributed by atoms with Crippen molar-refractivity contribution in [2.75, 3.05) is 11.4 Å². The molecule has 0 spiro atoms. The molecule has 2 rings (SSSR count). The van der Waals surface area contributed by atoms with Gasteiger partial charge in [0.2, 0.25) is 11.8 Å². The summed E-state index contributed by atoms with van der Waals surface area (Å²) in [6.07, 6.45) is 2.66. The van der Waals surface area contributed by atoms with E-state index in [1.54, 1.807) is 18.5 Å². The van der Waals surface area contributed by atoms with Gasteiger partial charge in [0.15, 0.2) is 5.69 Å². The first-order valence-electron chi connectivity index (χ1n) is 6.59.